The fourth-order valence-electron chi connectivity index (χ4n) is 5.02. The van der Waals surface area contributed by atoms with Gasteiger partial charge in [0.2, 0.25) is 0 Å². The number of hydrogen-bond donors (Lipinski definition) is 2. The van der Waals surface area contributed by atoms with Gasteiger partial charge in [0.05, 0.1) is 0 Å². The van der Waals surface area contributed by atoms with Crippen molar-refractivity contribution in [2.45, 2.75) is 44.9 Å². The maximum absolute atomic E-state index is 5.40. The Morgan fingerprint density at radius 2 is 1.47 bits per heavy atom. The summed E-state index contributed by atoms with van der Waals surface area (Å²) >= 11 is 0. The van der Waals surface area contributed by atoms with Crippen molar-refractivity contribution >= 4 is 29.9 Å². The molecule has 4 fully saturated rings. The van der Waals surface area contributed by atoms with Crippen LogP contribution in [0.1, 0.15) is 44.9 Å². The summed E-state index contributed by atoms with van der Waals surface area (Å²) < 4.78 is 0. The third kappa shape index (κ3) is 2.71. The Morgan fingerprint density at radius 1 is 1.00 bits per heavy atom. The number of nitrogens with two attached hydrogens (primary N) is 2. The Hall–Kier alpha value is 0. The topological polar surface area (TPSA) is 64.4 Å². The van der Waals surface area contributed by atoms with Crippen LogP contribution in [0.3, 0.4) is 0 Å². The van der Waals surface area contributed by atoms with Crippen molar-refractivity contribution in [1.29, 1.82) is 0 Å². The van der Waals surface area contributed by atoms with Crippen molar-refractivity contribution in [3.8, 4) is 0 Å². The first-order valence-electron chi connectivity index (χ1n) is 6.71. The maximum Gasteiger partial charge on any atom is 0.185 e. The van der Waals surface area contributed by atoms with E-state index in [4.69, 9.17) is 11.5 Å². The lowest BCUT2D eigenvalue weighted by Crippen LogP contribution is -2.46. The zero-order chi connectivity index (χ0) is 11.2. The number of hydrogen-bond acceptors (Lipinski definition) is 1. The van der Waals surface area contributed by atoms with Crippen molar-refractivity contribution in [2.24, 2.45) is 39.6 Å². The molecule has 0 aromatic rings. The summed E-state index contributed by atoms with van der Waals surface area (Å²) in [4.78, 5) is 4.17. The summed E-state index contributed by atoms with van der Waals surface area (Å²) in [5.74, 6) is 3.35. The lowest BCUT2D eigenvalue weighted by molar-refractivity contribution is -0.0556. The van der Waals surface area contributed by atoms with Crippen LogP contribution in [0.5, 0.6) is 0 Å². The molecule has 4 heteroatoms. The van der Waals surface area contributed by atoms with Crippen LogP contribution in [-0.2, 0) is 0 Å². The molecule has 4 saturated carbocycles. The van der Waals surface area contributed by atoms with Crippen LogP contribution in [0.4, 0.5) is 0 Å². The molecule has 4 N–H and O–H groups in total. The summed E-state index contributed by atoms with van der Waals surface area (Å²) in [6.45, 7) is 0.842. The molecule has 0 radical (unpaired) electrons. The average molecular weight is 349 g/mol. The molecule has 0 spiro atoms. The highest BCUT2D eigenvalue weighted by molar-refractivity contribution is 14.0. The first kappa shape index (κ1) is 13.4. The molecular weight excluding hydrogens is 325 g/mol. The van der Waals surface area contributed by atoms with Gasteiger partial charge in [0.25, 0.3) is 0 Å². The van der Waals surface area contributed by atoms with Crippen LogP contribution in [0.15, 0.2) is 4.99 Å². The normalized spacial score (nSPS) is 42.0. The Kier molecular flexibility index (Phi) is 3.90. The van der Waals surface area contributed by atoms with Crippen molar-refractivity contribution < 1.29 is 0 Å². The van der Waals surface area contributed by atoms with Crippen LogP contribution < -0.4 is 11.5 Å². The van der Waals surface area contributed by atoms with Gasteiger partial charge in [-0.3, -0.25) is 4.99 Å². The highest BCUT2D eigenvalue weighted by Crippen LogP contribution is 2.61. The molecule has 4 aliphatic carbocycles. The van der Waals surface area contributed by atoms with E-state index in [9.17, 15) is 0 Å². The maximum atomic E-state index is 5.40. The lowest BCUT2D eigenvalue weighted by atomic mass is 9.49. The third-order valence-electron chi connectivity index (χ3n) is 5.10. The van der Waals surface area contributed by atoms with Gasteiger partial charge in [-0.1, -0.05) is 0 Å². The van der Waals surface area contributed by atoms with E-state index in [0.717, 1.165) is 24.3 Å². The summed E-state index contributed by atoms with van der Waals surface area (Å²) in [5, 5.41) is 0. The molecule has 4 aliphatic rings. The third-order valence-corrected chi connectivity index (χ3v) is 5.10. The molecule has 0 unspecified atom stereocenters. The lowest BCUT2D eigenvalue weighted by Gasteiger charge is -2.57. The zero-order valence-corrected chi connectivity index (χ0v) is 12.7. The number of halogens is 1. The molecular formula is C13H24IN3. The Bertz CT molecular complexity index is 275. The van der Waals surface area contributed by atoms with Crippen LogP contribution in [0, 0.1) is 23.2 Å². The second-order valence-electron chi connectivity index (χ2n) is 6.47. The van der Waals surface area contributed by atoms with Crippen molar-refractivity contribution in [3.63, 3.8) is 0 Å². The molecule has 0 aliphatic heterocycles. The van der Waals surface area contributed by atoms with E-state index in [1.54, 1.807) is 0 Å². The van der Waals surface area contributed by atoms with Crippen LogP contribution >= 0.6 is 24.0 Å². The predicted octanol–water partition coefficient (Wildman–Crippen LogP) is 2.48. The van der Waals surface area contributed by atoms with Gasteiger partial charge in [0, 0.05) is 6.54 Å². The van der Waals surface area contributed by atoms with Crippen molar-refractivity contribution in [1.82, 2.24) is 0 Å². The molecule has 0 amide bonds. The molecule has 17 heavy (non-hydrogen) atoms. The van der Waals surface area contributed by atoms with Gasteiger partial charge >= 0.3 is 0 Å². The van der Waals surface area contributed by atoms with E-state index >= 15 is 0 Å². The first-order chi connectivity index (χ1) is 7.65. The van der Waals surface area contributed by atoms with Crippen LogP contribution in [0.25, 0.3) is 0 Å². The first-order valence-corrected chi connectivity index (χ1v) is 6.71. The predicted molar refractivity (Wildman–Crippen MR) is 81.3 cm³/mol. The van der Waals surface area contributed by atoms with Crippen molar-refractivity contribution in [2.75, 3.05) is 6.54 Å². The summed E-state index contributed by atoms with van der Waals surface area (Å²) in [5.41, 5.74) is 11.4. The summed E-state index contributed by atoms with van der Waals surface area (Å²) in [6.07, 6.45) is 10.1. The Labute approximate surface area is 121 Å². The standard InChI is InChI=1S/C13H23N3.HI/c14-12(15)16-2-1-13-6-9-3-10(7-13)5-11(4-9)8-13;/h9-11H,1-8H2,(H4,14,15,16);1H. The minimum atomic E-state index is 0. The molecule has 98 valence electrons. The molecule has 0 atom stereocenters. The monoisotopic (exact) mass is 349 g/mol. The van der Waals surface area contributed by atoms with E-state index in [1.807, 2.05) is 0 Å². The highest BCUT2D eigenvalue weighted by Gasteiger charge is 2.50. The van der Waals surface area contributed by atoms with Gasteiger partial charge in [0.1, 0.15) is 0 Å². The molecule has 4 rings (SSSR count). The fourth-order valence-corrected chi connectivity index (χ4v) is 5.02. The second-order valence-corrected chi connectivity index (χ2v) is 6.47. The van der Waals surface area contributed by atoms with Gasteiger partial charge < -0.3 is 11.5 Å². The summed E-state index contributed by atoms with van der Waals surface area (Å²) in [7, 11) is 0. The zero-order valence-electron chi connectivity index (χ0n) is 10.4. The SMILES string of the molecule is I.NC(N)=NCCC12CC3CC(CC(C3)C1)C2. The van der Waals surface area contributed by atoms with Gasteiger partial charge in [-0.25, -0.2) is 0 Å². The number of aliphatic imine (C=N–C) groups is 1. The van der Waals surface area contributed by atoms with Gasteiger partial charge in [-0.05, 0) is 68.1 Å². The van der Waals surface area contributed by atoms with Crippen LogP contribution in [-0.4, -0.2) is 12.5 Å². The Balaban J connectivity index is 0.00000108. The quantitative estimate of drug-likeness (QED) is 0.467. The van der Waals surface area contributed by atoms with E-state index in [0.29, 0.717) is 5.41 Å². The largest absolute Gasteiger partial charge is 0.370 e. The fraction of sp³-hybridized carbons (Fsp3) is 0.923. The second kappa shape index (κ2) is 4.94. The van der Waals surface area contributed by atoms with E-state index in [2.05, 4.69) is 4.99 Å². The molecule has 0 aromatic heterocycles. The molecule has 3 nitrogen and oxygen atoms in total. The van der Waals surface area contributed by atoms with Gasteiger partial charge in [0.15, 0.2) is 5.96 Å². The van der Waals surface area contributed by atoms with Crippen LogP contribution in [0.2, 0.25) is 0 Å². The van der Waals surface area contributed by atoms with E-state index in [-0.39, 0.29) is 29.9 Å². The van der Waals surface area contributed by atoms with E-state index < -0.39 is 0 Å². The molecule has 4 bridgehead atoms. The Morgan fingerprint density at radius 3 is 1.88 bits per heavy atom. The number of rotatable bonds is 3. The minimum absolute atomic E-state index is 0. The highest BCUT2D eigenvalue weighted by atomic mass is 127. The van der Waals surface area contributed by atoms with Gasteiger partial charge in [-0.2, -0.15) is 0 Å². The van der Waals surface area contributed by atoms with Gasteiger partial charge in [-0.15, -0.1) is 24.0 Å². The summed E-state index contributed by atoms with van der Waals surface area (Å²) in [6, 6.07) is 0. The number of guanidine groups is 1. The molecule has 0 aromatic carbocycles. The number of nitrogens with zero attached hydrogens (tertiary/aromatic N) is 1. The molecule has 0 saturated heterocycles. The van der Waals surface area contributed by atoms with E-state index in [1.165, 1.54) is 44.9 Å². The minimum Gasteiger partial charge on any atom is -0.370 e. The van der Waals surface area contributed by atoms with Crippen molar-refractivity contribution in [3.05, 3.63) is 0 Å². The smallest absolute Gasteiger partial charge is 0.185 e. The molecule has 0 heterocycles. The average Bonchev–Trinajstić information content (AvgIpc) is 2.13.